The molecule has 0 unspecified atom stereocenters. The first-order valence-electron chi connectivity index (χ1n) is 7.22. The van der Waals surface area contributed by atoms with Crippen LogP contribution in [0.2, 0.25) is 0 Å². The van der Waals surface area contributed by atoms with Crippen LogP contribution in [0, 0.1) is 6.92 Å². The first-order chi connectivity index (χ1) is 11.6. The number of alkyl halides is 3. The number of aliphatic imine (C=N–C) groups is 2. The van der Waals surface area contributed by atoms with Gasteiger partial charge in [0, 0.05) is 19.0 Å². The molecule has 0 saturated heterocycles. The van der Waals surface area contributed by atoms with Gasteiger partial charge in [-0.3, -0.25) is 4.90 Å². The molecule has 10 heteroatoms. The monoisotopic (exact) mass is 372 g/mol. The second kappa shape index (κ2) is 5.65. The van der Waals surface area contributed by atoms with Crippen LogP contribution < -0.4 is 4.90 Å². The molecule has 0 radical (unpaired) electrons. The van der Waals surface area contributed by atoms with Crippen molar-refractivity contribution in [1.29, 1.82) is 0 Å². The van der Waals surface area contributed by atoms with Crippen LogP contribution >= 0.6 is 11.8 Å². The third kappa shape index (κ3) is 2.46. The maximum atomic E-state index is 13.8. The van der Waals surface area contributed by atoms with Crippen molar-refractivity contribution in [3.05, 3.63) is 23.8 Å². The first kappa shape index (κ1) is 17.6. The Morgan fingerprint density at radius 2 is 2.00 bits per heavy atom. The van der Waals surface area contributed by atoms with Crippen molar-refractivity contribution in [1.82, 2.24) is 4.90 Å². The maximum absolute atomic E-state index is 13.8. The Morgan fingerprint density at radius 1 is 1.32 bits per heavy atom. The fraction of sp³-hybridized carbons (Fsp3) is 0.400. The minimum atomic E-state index is -5.04. The summed E-state index contributed by atoms with van der Waals surface area (Å²) in [5, 5.41) is 0.0331. The minimum Gasteiger partial charge on any atom is -0.465 e. The van der Waals surface area contributed by atoms with Crippen LogP contribution in [-0.4, -0.2) is 55.0 Å². The molecule has 0 bridgehead atoms. The van der Waals surface area contributed by atoms with Crippen molar-refractivity contribution in [2.45, 2.75) is 23.7 Å². The van der Waals surface area contributed by atoms with E-state index in [4.69, 9.17) is 0 Å². The van der Waals surface area contributed by atoms with Crippen molar-refractivity contribution in [3.8, 4) is 0 Å². The van der Waals surface area contributed by atoms with E-state index in [9.17, 15) is 18.0 Å². The van der Waals surface area contributed by atoms with Crippen LogP contribution in [0.1, 0.15) is 5.56 Å². The van der Waals surface area contributed by atoms with Crippen molar-refractivity contribution in [3.63, 3.8) is 0 Å². The number of fused-ring (bicyclic) bond motifs is 3. The molecule has 25 heavy (non-hydrogen) atoms. The van der Waals surface area contributed by atoms with Gasteiger partial charge < -0.3 is 9.64 Å². The SMILES string of the molecule is COC(=O)[C@@]1(C(F)(F)F)N=C2Sc3cccc(C)c3N2C(N(C)C)=N1. The van der Waals surface area contributed by atoms with E-state index in [1.165, 1.54) is 9.80 Å². The number of hydrogen-bond donors (Lipinski definition) is 0. The number of hydrogen-bond acceptors (Lipinski definition) is 7. The average molecular weight is 372 g/mol. The first-order valence-corrected chi connectivity index (χ1v) is 8.04. The summed E-state index contributed by atoms with van der Waals surface area (Å²) >= 11 is 1.06. The predicted molar refractivity (Wildman–Crippen MR) is 88.9 cm³/mol. The standard InChI is InChI=1S/C15H15F3N4O2S/c1-8-6-5-7-9-10(8)22-12(21(2)3)19-14(11(23)24-4,15(16,17)18)20-13(22)25-9/h5-7H,1-4H3/t14-/m0/s1. The van der Waals surface area contributed by atoms with Gasteiger partial charge in [0.15, 0.2) is 5.17 Å². The number of aryl methyl sites for hydroxylation is 1. The number of nitrogens with zero attached hydrogens (tertiary/aromatic N) is 4. The molecule has 1 aromatic rings. The number of halogens is 3. The van der Waals surface area contributed by atoms with E-state index < -0.39 is 17.8 Å². The van der Waals surface area contributed by atoms with Crippen LogP contribution in [0.15, 0.2) is 33.1 Å². The fourth-order valence-corrected chi connectivity index (χ4v) is 3.77. The fourth-order valence-electron chi connectivity index (χ4n) is 2.63. The summed E-state index contributed by atoms with van der Waals surface area (Å²) in [7, 11) is 4.00. The van der Waals surface area contributed by atoms with Crippen LogP contribution in [-0.2, 0) is 9.53 Å². The summed E-state index contributed by atoms with van der Waals surface area (Å²) in [4.78, 5) is 23.1. The van der Waals surface area contributed by atoms with Gasteiger partial charge in [-0.05, 0) is 30.3 Å². The second-order valence-corrected chi connectivity index (χ2v) is 6.73. The molecule has 2 heterocycles. The minimum absolute atomic E-state index is 0.0331. The van der Waals surface area contributed by atoms with Gasteiger partial charge in [-0.1, -0.05) is 12.1 Å². The summed E-state index contributed by atoms with van der Waals surface area (Å²) in [5.41, 5.74) is -1.74. The number of ether oxygens (including phenoxy) is 1. The van der Waals surface area contributed by atoms with Crippen LogP contribution in [0.3, 0.4) is 0 Å². The average Bonchev–Trinajstić information content (AvgIpc) is 2.91. The summed E-state index contributed by atoms with van der Waals surface area (Å²) in [6, 6.07) is 5.44. The van der Waals surface area contributed by atoms with Crippen molar-refractivity contribution >= 4 is 34.5 Å². The zero-order valence-electron chi connectivity index (χ0n) is 13.9. The number of para-hydroxylation sites is 1. The molecular formula is C15H15F3N4O2S. The molecule has 0 N–H and O–H groups in total. The van der Waals surface area contributed by atoms with E-state index in [-0.39, 0.29) is 11.1 Å². The molecule has 0 spiro atoms. The van der Waals surface area contributed by atoms with E-state index in [2.05, 4.69) is 14.7 Å². The van der Waals surface area contributed by atoms with Crippen LogP contribution in [0.25, 0.3) is 0 Å². The van der Waals surface area contributed by atoms with Gasteiger partial charge in [0.25, 0.3) is 0 Å². The van der Waals surface area contributed by atoms with Crippen LogP contribution in [0.5, 0.6) is 0 Å². The Morgan fingerprint density at radius 3 is 2.56 bits per heavy atom. The Hall–Kier alpha value is -2.23. The maximum Gasteiger partial charge on any atom is 0.446 e. The summed E-state index contributed by atoms with van der Waals surface area (Å²) in [5.74, 6) is -1.60. The third-order valence-corrected chi connectivity index (χ3v) is 4.81. The zero-order chi connectivity index (χ0) is 18.6. The van der Waals surface area contributed by atoms with E-state index in [0.717, 1.165) is 29.3 Å². The molecule has 134 valence electrons. The van der Waals surface area contributed by atoms with Crippen molar-refractivity contribution in [2.24, 2.45) is 9.98 Å². The molecule has 0 aliphatic carbocycles. The Labute approximate surface area is 146 Å². The number of anilines is 1. The highest BCUT2D eigenvalue weighted by molar-refractivity contribution is 8.15. The molecule has 2 aliphatic rings. The topological polar surface area (TPSA) is 57.5 Å². The van der Waals surface area contributed by atoms with Gasteiger partial charge in [0.05, 0.1) is 12.8 Å². The normalized spacial score (nSPS) is 22.0. The number of esters is 1. The molecule has 3 rings (SSSR count). The highest BCUT2D eigenvalue weighted by Gasteiger charge is 2.65. The van der Waals surface area contributed by atoms with Gasteiger partial charge in [0.2, 0.25) is 5.96 Å². The number of methoxy groups -OCH3 is 1. The predicted octanol–water partition coefficient (Wildman–Crippen LogP) is 2.63. The number of thioether (sulfide) groups is 1. The van der Waals surface area contributed by atoms with Gasteiger partial charge in [-0.2, -0.15) is 13.2 Å². The van der Waals surface area contributed by atoms with Crippen molar-refractivity contribution < 1.29 is 22.7 Å². The Bertz CT molecular complexity index is 806. The number of carbonyl (C=O) groups excluding carboxylic acids is 1. The number of benzene rings is 1. The van der Waals surface area contributed by atoms with E-state index in [1.54, 1.807) is 20.2 Å². The number of guanidine groups is 1. The van der Waals surface area contributed by atoms with E-state index >= 15 is 0 Å². The summed E-state index contributed by atoms with van der Waals surface area (Å²) < 4.78 is 45.7. The second-order valence-electron chi connectivity index (χ2n) is 5.72. The number of carbonyl (C=O) groups is 1. The van der Waals surface area contributed by atoms with Gasteiger partial charge in [-0.25, -0.2) is 14.8 Å². The quantitative estimate of drug-likeness (QED) is 0.710. The summed E-state index contributed by atoms with van der Waals surface area (Å²) in [6.07, 6.45) is -5.04. The molecule has 0 aromatic heterocycles. The lowest BCUT2D eigenvalue weighted by molar-refractivity contribution is -0.201. The van der Waals surface area contributed by atoms with E-state index in [1.807, 2.05) is 19.1 Å². The number of amidine groups is 1. The largest absolute Gasteiger partial charge is 0.465 e. The van der Waals surface area contributed by atoms with Gasteiger partial charge in [-0.15, -0.1) is 0 Å². The Kier molecular flexibility index (Phi) is 3.98. The highest BCUT2D eigenvalue weighted by atomic mass is 32.2. The molecule has 0 fully saturated rings. The highest BCUT2D eigenvalue weighted by Crippen LogP contribution is 2.48. The smallest absolute Gasteiger partial charge is 0.446 e. The lowest BCUT2D eigenvalue weighted by Crippen LogP contribution is -2.57. The van der Waals surface area contributed by atoms with Gasteiger partial charge >= 0.3 is 17.8 Å². The zero-order valence-corrected chi connectivity index (χ0v) is 14.7. The Balaban J connectivity index is 2.27. The third-order valence-electron chi connectivity index (χ3n) is 3.80. The lowest BCUT2D eigenvalue weighted by atomic mass is 10.1. The molecule has 0 amide bonds. The molecule has 1 atom stereocenters. The van der Waals surface area contributed by atoms with Gasteiger partial charge in [0.1, 0.15) is 0 Å². The molecule has 1 aromatic carbocycles. The lowest BCUT2D eigenvalue weighted by Gasteiger charge is -2.36. The molecular weight excluding hydrogens is 357 g/mol. The van der Waals surface area contributed by atoms with E-state index in [0.29, 0.717) is 5.69 Å². The number of rotatable bonds is 1. The molecule has 2 aliphatic heterocycles. The van der Waals surface area contributed by atoms with Crippen molar-refractivity contribution in [2.75, 3.05) is 26.1 Å². The molecule has 0 saturated carbocycles. The molecule has 6 nitrogen and oxygen atoms in total. The summed E-state index contributed by atoms with van der Waals surface area (Å²) in [6.45, 7) is 1.85. The van der Waals surface area contributed by atoms with Crippen LogP contribution in [0.4, 0.5) is 18.9 Å².